The summed E-state index contributed by atoms with van der Waals surface area (Å²) >= 11 is 0. The molecule has 0 heterocycles. The van der Waals surface area contributed by atoms with Crippen LogP contribution in [0, 0.1) is 58.0 Å². The maximum atomic E-state index is 7.10. The first kappa shape index (κ1) is 8.85. The van der Waals surface area contributed by atoms with Crippen molar-refractivity contribution < 1.29 is 50.6 Å². The molecular weight excluding hydrogens is 124 g/mol. The van der Waals surface area contributed by atoms with E-state index in [9.17, 15) is 0 Å². The van der Waals surface area contributed by atoms with Crippen molar-refractivity contribution in [3.05, 3.63) is 0 Å². The molecule has 0 unspecified atom stereocenters. The topological polar surface area (TPSA) is 20.2 Å². The van der Waals surface area contributed by atoms with Gasteiger partial charge in [-0.1, -0.05) is 6.42 Å². The maximum absolute atomic E-state index is 7.10. The van der Waals surface area contributed by atoms with E-state index in [1.807, 2.05) is 0 Å². The van der Waals surface area contributed by atoms with E-state index >= 15 is 0 Å². The smallest absolute Gasteiger partial charge is 0.103 e. The standard InChI is InChI=1S/C2H2O.Kr/c1-2-3;/h1,3H;. The Labute approximate surface area is 62.3 Å². The molecule has 0 radical (unpaired) electrons. The van der Waals surface area contributed by atoms with Crippen LogP contribution >= 0.6 is 0 Å². The Bertz CT molecular complexity index is 27.5. The summed E-state index contributed by atoms with van der Waals surface area (Å²) in [7, 11) is 0. The maximum Gasteiger partial charge on any atom is 0.103 e. The summed E-state index contributed by atoms with van der Waals surface area (Å²) in [6.45, 7) is 0. The zero-order valence-corrected chi connectivity index (χ0v) is 3.36. The van der Waals surface area contributed by atoms with E-state index in [0.29, 0.717) is 0 Å². The molecule has 0 aliphatic carbocycles. The molecule has 2 heteroatoms. The van der Waals surface area contributed by atoms with E-state index in [0.717, 1.165) is 0 Å². The molecule has 0 amide bonds. The Hall–Kier alpha value is 0.841. The van der Waals surface area contributed by atoms with Gasteiger partial charge in [0.1, 0.15) is 6.11 Å². The van der Waals surface area contributed by atoms with Crippen LogP contribution in [0.5, 0.6) is 0 Å². The Balaban J connectivity index is 0. The summed E-state index contributed by atoms with van der Waals surface area (Å²) in [5.41, 5.74) is 0. The summed E-state index contributed by atoms with van der Waals surface area (Å²) < 4.78 is 0. The van der Waals surface area contributed by atoms with Crippen LogP contribution in [0.15, 0.2) is 0 Å². The molecule has 0 aromatic carbocycles. The Morgan fingerprint density at radius 2 is 1.75 bits per heavy atom. The van der Waals surface area contributed by atoms with Gasteiger partial charge in [0.25, 0.3) is 0 Å². The quantitative estimate of drug-likeness (QED) is 0.451. The van der Waals surface area contributed by atoms with Gasteiger partial charge in [-0.15, -0.1) is 0 Å². The van der Waals surface area contributed by atoms with Crippen molar-refractivity contribution in [3.63, 3.8) is 0 Å². The number of aliphatic hydroxyl groups excluding tert-OH is 1. The van der Waals surface area contributed by atoms with E-state index in [4.69, 9.17) is 5.11 Å². The summed E-state index contributed by atoms with van der Waals surface area (Å²) in [5, 5.41) is 7.10. The fraction of sp³-hybridized carbons (Fsp3) is 0. The molecule has 0 aliphatic heterocycles. The summed E-state index contributed by atoms with van der Waals surface area (Å²) in [4.78, 5) is 0. The third-order valence-electron chi connectivity index (χ3n) is 0. The molecule has 0 saturated carbocycles. The van der Waals surface area contributed by atoms with Crippen LogP contribution < -0.4 is 0 Å². The Kier molecular flexibility index (Phi) is 20.2. The molecule has 0 aromatic heterocycles. The largest absolute Gasteiger partial charge is 0.462 e. The molecule has 1 N–H and O–H groups in total. The molecular formula is C2H2KrO. The van der Waals surface area contributed by atoms with Gasteiger partial charge < -0.3 is 5.11 Å². The number of terminal acetylenes is 1. The minimum Gasteiger partial charge on any atom is -0.462 e. The van der Waals surface area contributed by atoms with Gasteiger partial charge in [-0.05, 0) is 0 Å². The zero-order chi connectivity index (χ0) is 2.71. The Morgan fingerprint density at radius 1 is 1.75 bits per heavy atom. The number of hydrogen-bond donors (Lipinski definition) is 1. The van der Waals surface area contributed by atoms with E-state index < -0.39 is 0 Å². The third-order valence-corrected chi connectivity index (χ3v) is 0. The van der Waals surface area contributed by atoms with Crippen LogP contribution in [0.25, 0.3) is 0 Å². The summed E-state index contributed by atoms with van der Waals surface area (Å²) in [6.07, 6.45) is 5.40. The van der Waals surface area contributed by atoms with Crippen LogP contribution in [0.3, 0.4) is 0 Å². The third kappa shape index (κ3) is 13.6. The SMILES string of the molecule is C#CO.[Kr]. The average Bonchev–Trinajstić information content (AvgIpc) is 0.918. The second-order valence-electron chi connectivity index (χ2n) is 0.129. The first-order chi connectivity index (χ1) is 1.41. The minimum absolute atomic E-state index is 0. The molecule has 0 atom stereocenters. The predicted molar refractivity (Wildman–Crippen MR) is 10.8 cm³/mol. The van der Waals surface area contributed by atoms with E-state index in [1.165, 1.54) is 6.11 Å². The van der Waals surface area contributed by atoms with Gasteiger partial charge in [0.15, 0.2) is 0 Å². The molecule has 4 heavy (non-hydrogen) atoms. The molecule has 0 saturated heterocycles. The number of aliphatic hydroxyl groups is 1. The molecule has 0 fully saturated rings. The second-order valence-corrected chi connectivity index (χ2v) is 0.129. The summed E-state index contributed by atoms with van der Waals surface area (Å²) in [6, 6.07) is 0. The van der Waals surface area contributed by atoms with E-state index in [2.05, 4.69) is 6.42 Å². The molecule has 0 aliphatic rings. The Morgan fingerprint density at radius 3 is 1.75 bits per heavy atom. The van der Waals surface area contributed by atoms with Crippen LogP contribution in [0.4, 0.5) is 0 Å². The van der Waals surface area contributed by atoms with Gasteiger partial charge in [0.05, 0.1) is 0 Å². The molecule has 0 rings (SSSR count). The zero-order valence-electron chi connectivity index (χ0n) is 1.88. The van der Waals surface area contributed by atoms with Gasteiger partial charge in [0, 0.05) is 45.5 Å². The molecule has 24 valence electrons. The van der Waals surface area contributed by atoms with Crippen molar-refractivity contribution in [2.75, 3.05) is 0 Å². The average molecular weight is 126 g/mol. The van der Waals surface area contributed by atoms with Crippen LogP contribution in [-0.4, -0.2) is 5.11 Å². The molecule has 1 nitrogen and oxygen atoms in total. The van der Waals surface area contributed by atoms with Gasteiger partial charge in [0.2, 0.25) is 0 Å². The molecule has 0 bridgehead atoms. The minimum atomic E-state index is 0. The van der Waals surface area contributed by atoms with Crippen molar-refractivity contribution in [2.24, 2.45) is 0 Å². The van der Waals surface area contributed by atoms with Crippen molar-refractivity contribution in [1.82, 2.24) is 0 Å². The van der Waals surface area contributed by atoms with Crippen molar-refractivity contribution >= 4 is 0 Å². The number of hydrogen-bond acceptors (Lipinski definition) is 1. The van der Waals surface area contributed by atoms with Gasteiger partial charge in [-0.2, -0.15) is 0 Å². The van der Waals surface area contributed by atoms with E-state index in [1.54, 1.807) is 0 Å². The first-order valence-corrected chi connectivity index (χ1v) is 0.512. The van der Waals surface area contributed by atoms with Crippen molar-refractivity contribution in [2.45, 2.75) is 0 Å². The van der Waals surface area contributed by atoms with Crippen LogP contribution in [0.2, 0.25) is 0 Å². The van der Waals surface area contributed by atoms with Crippen molar-refractivity contribution in [1.29, 1.82) is 0 Å². The summed E-state index contributed by atoms with van der Waals surface area (Å²) in [5.74, 6) is 0. The van der Waals surface area contributed by atoms with Crippen LogP contribution in [0.1, 0.15) is 0 Å². The van der Waals surface area contributed by atoms with Gasteiger partial charge in [-0.25, -0.2) is 0 Å². The molecule has 0 aromatic rings. The second kappa shape index (κ2) is 9.15. The fourth-order valence-electron chi connectivity index (χ4n) is 0. The van der Waals surface area contributed by atoms with Gasteiger partial charge >= 0.3 is 0 Å². The normalized spacial score (nSPS) is 1.75. The fourth-order valence-corrected chi connectivity index (χ4v) is 0. The molecule has 0 spiro atoms. The van der Waals surface area contributed by atoms with Crippen molar-refractivity contribution in [3.8, 4) is 12.5 Å². The first-order valence-electron chi connectivity index (χ1n) is 0.512. The van der Waals surface area contributed by atoms with Gasteiger partial charge in [-0.3, -0.25) is 0 Å². The predicted octanol–water partition coefficient (Wildman–Crippen LogP) is -0.0504. The number of rotatable bonds is 0. The van der Waals surface area contributed by atoms with E-state index in [-0.39, 0.29) is 45.5 Å². The monoisotopic (exact) mass is 126 g/mol. The van der Waals surface area contributed by atoms with Crippen LogP contribution in [-0.2, 0) is 0 Å².